The van der Waals surface area contributed by atoms with Gasteiger partial charge in [0.1, 0.15) is 17.3 Å². The summed E-state index contributed by atoms with van der Waals surface area (Å²) in [5.41, 5.74) is 9.53. The maximum Gasteiger partial charge on any atom is 0.129 e. The zero-order valence-electron chi connectivity index (χ0n) is 10.9. The first kappa shape index (κ1) is 14.7. The number of benzene rings is 1. The maximum atomic E-state index is 13.1. The minimum atomic E-state index is -0.276. The van der Waals surface area contributed by atoms with Gasteiger partial charge in [0, 0.05) is 12.6 Å². The number of thiophene rings is 1. The molecule has 0 aliphatic rings. The van der Waals surface area contributed by atoms with Gasteiger partial charge in [-0.15, -0.1) is 11.3 Å². The largest absolute Gasteiger partial charge is 0.383 e. The van der Waals surface area contributed by atoms with Crippen molar-refractivity contribution in [3.63, 3.8) is 0 Å². The van der Waals surface area contributed by atoms with Gasteiger partial charge >= 0.3 is 0 Å². The summed E-state index contributed by atoms with van der Waals surface area (Å²) in [5.74, 6) is 0.271. The molecule has 0 aliphatic carbocycles. The van der Waals surface area contributed by atoms with Crippen LogP contribution >= 0.6 is 43.2 Å². The first-order chi connectivity index (χ1) is 9.97. The minimum Gasteiger partial charge on any atom is -0.383 e. The first-order valence-electron chi connectivity index (χ1n) is 6.01. The van der Waals surface area contributed by atoms with Crippen LogP contribution in [0.3, 0.4) is 0 Å². The molecule has 1 aromatic carbocycles. The molecule has 2 heterocycles. The number of nitrogens with two attached hydrogens (primary N) is 1. The van der Waals surface area contributed by atoms with E-state index in [9.17, 15) is 4.39 Å². The molecule has 21 heavy (non-hydrogen) atoms. The van der Waals surface area contributed by atoms with Crippen molar-refractivity contribution >= 4 is 49.0 Å². The Labute approximate surface area is 141 Å². The van der Waals surface area contributed by atoms with Crippen LogP contribution in [-0.4, -0.2) is 9.78 Å². The zero-order chi connectivity index (χ0) is 15.1. The summed E-state index contributed by atoms with van der Waals surface area (Å²) in [6.07, 6.45) is 0. The Bertz CT molecular complexity index is 808. The highest BCUT2D eigenvalue weighted by Gasteiger charge is 2.20. The lowest BCUT2D eigenvalue weighted by Gasteiger charge is -2.04. The Morgan fingerprint density at radius 1 is 1.24 bits per heavy atom. The predicted octanol–water partition coefficient (Wildman–Crippen LogP) is 5.06. The smallest absolute Gasteiger partial charge is 0.129 e. The fourth-order valence-corrected chi connectivity index (χ4v) is 4.93. The van der Waals surface area contributed by atoms with Crippen LogP contribution in [0.25, 0.3) is 22.4 Å². The van der Waals surface area contributed by atoms with Gasteiger partial charge in [-0.3, -0.25) is 4.68 Å². The Morgan fingerprint density at radius 2 is 1.90 bits per heavy atom. The summed E-state index contributed by atoms with van der Waals surface area (Å²) in [6.45, 7) is 0. The normalized spacial score (nSPS) is 11.0. The van der Waals surface area contributed by atoms with Gasteiger partial charge in [0.2, 0.25) is 0 Å². The molecule has 108 valence electrons. The molecule has 3 aromatic rings. The Balaban J connectivity index is 2.25. The van der Waals surface area contributed by atoms with E-state index in [0.717, 1.165) is 30.0 Å². The third-order valence-electron chi connectivity index (χ3n) is 3.14. The molecule has 0 saturated carbocycles. The van der Waals surface area contributed by atoms with Crippen LogP contribution in [0.15, 0.2) is 37.9 Å². The molecule has 3 nitrogen and oxygen atoms in total. The van der Waals surface area contributed by atoms with E-state index in [1.54, 1.807) is 35.2 Å². The summed E-state index contributed by atoms with van der Waals surface area (Å²) < 4.78 is 16.7. The van der Waals surface area contributed by atoms with Crippen molar-refractivity contribution in [2.24, 2.45) is 7.05 Å². The second kappa shape index (κ2) is 5.55. The summed E-state index contributed by atoms with van der Waals surface area (Å²) in [6, 6.07) is 8.25. The molecule has 2 N–H and O–H groups in total. The van der Waals surface area contributed by atoms with Crippen molar-refractivity contribution in [1.29, 1.82) is 0 Å². The minimum absolute atomic E-state index is 0.276. The van der Waals surface area contributed by atoms with E-state index < -0.39 is 0 Å². The fraction of sp³-hybridized carbons (Fsp3) is 0.0714. The number of nitrogens with zero attached hydrogens (tertiary/aromatic N) is 2. The second-order valence-corrected chi connectivity index (χ2v) is 8.23. The lowest BCUT2D eigenvalue weighted by Crippen LogP contribution is -1.97. The van der Waals surface area contributed by atoms with Gasteiger partial charge in [0.05, 0.1) is 13.1 Å². The molecule has 0 radical (unpaired) electrons. The lowest BCUT2D eigenvalue weighted by molar-refractivity contribution is 0.628. The van der Waals surface area contributed by atoms with E-state index in [4.69, 9.17) is 5.73 Å². The molecule has 0 bridgehead atoms. The van der Waals surface area contributed by atoms with Crippen molar-refractivity contribution < 1.29 is 4.39 Å². The highest BCUT2D eigenvalue weighted by molar-refractivity contribution is 9.12. The van der Waals surface area contributed by atoms with Crippen LogP contribution in [0, 0.1) is 5.82 Å². The van der Waals surface area contributed by atoms with Crippen LogP contribution in [0.5, 0.6) is 0 Å². The van der Waals surface area contributed by atoms with E-state index in [-0.39, 0.29) is 5.82 Å². The number of nitrogen functional groups attached to an aromatic ring is 1. The number of hydrogen-bond acceptors (Lipinski definition) is 3. The summed E-state index contributed by atoms with van der Waals surface area (Å²) in [7, 11) is 1.79. The van der Waals surface area contributed by atoms with E-state index >= 15 is 0 Å². The average Bonchev–Trinajstić information content (AvgIpc) is 2.92. The lowest BCUT2D eigenvalue weighted by atomic mass is 10.0. The van der Waals surface area contributed by atoms with Gasteiger partial charge in [-0.05, 0) is 55.6 Å². The quantitative estimate of drug-likeness (QED) is 0.617. The van der Waals surface area contributed by atoms with Crippen LogP contribution in [0.4, 0.5) is 10.2 Å². The van der Waals surface area contributed by atoms with Gasteiger partial charge in [0.15, 0.2) is 0 Å². The standard InChI is InChI=1S/C14H10Br2FN3S/c1-20-14(18)11(7-2-4-8(17)5-3-7)12(19-20)9-6-10(15)21-13(9)16/h2-6H,18H2,1H3. The monoisotopic (exact) mass is 429 g/mol. The number of halogens is 3. The van der Waals surface area contributed by atoms with Crippen molar-refractivity contribution in [3.05, 3.63) is 43.7 Å². The third-order valence-corrected chi connectivity index (χ3v) is 5.48. The molecule has 0 unspecified atom stereocenters. The molecule has 2 aromatic heterocycles. The Morgan fingerprint density at radius 3 is 2.48 bits per heavy atom. The molecule has 0 spiro atoms. The third kappa shape index (κ3) is 2.65. The van der Waals surface area contributed by atoms with Gasteiger partial charge in [-0.25, -0.2) is 4.39 Å². The second-order valence-electron chi connectivity index (χ2n) is 4.48. The van der Waals surface area contributed by atoms with Crippen LogP contribution in [-0.2, 0) is 7.05 Å². The van der Waals surface area contributed by atoms with Crippen molar-refractivity contribution in [1.82, 2.24) is 9.78 Å². The highest BCUT2D eigenvalue weighted by Crippen LogP contribution is 2.43. The van der Waals surface area contributed by atoms with Crippen molar-refractivity contribution in [2.45, 2.75) is 0 Å². The van der Waals surface area contributed by atoms with E-state index in [1.165, 1.54) is 12.1 Å². The summed E-state index contributed by atoms with van der Waals surface area (Å²) >= 11 is 8.58. The molecule has 7 heteroatoms. The Hall–Kier alpha value is -1.18. The van der Waals surface area contributed by atoms with Gasteiger partial charge in [-0.2, -0.15) is 5.10 Å². The van der Waals surface area contributed by atoms with Crippen molar-refractivity contribution in [2.75, 3.05) is 5.73 Å². The fourth-order valence-electron chi connectivity index (χ4n) is 2.13. The van der Waals surface area contributed by atoms with E-state index in [2.05, 4.69) is 37.0 Å². The highest BCUT2D eigenvalue weighted by atomic mass is 79.9. The maximum absolute atomic E-state index is 13.1. The predicted molar refractivity (Wildman–Crippen MR) is 91.7 cm³/mol. The zero-order valence-corrected chi connectivity index (χ0v) is 14.9. The number of hydrogen-bond donors (Lipinski definition) is 1. The van der Waals surface area contributed by atoms with Crippen molar-refractivity contribution in [3.8, 4) is 22.4 Å². The SMILES string of the molecule is Cn1nc(-c2cc(Br)sc2Br)c(-c2ccc(F)cc2)c1N. The average molecular weight is 431 g/mol. The molecular formula is C14H10Br2FN3S. The molecule has 0 atom stereocenters. The summed E-state index contributed by atoms with van der Waals surface area (Å²) in [5, 5.41) is 4.51. The van der Waals surface area contributed by atoms with Gasteiger partial charge in [-0.1, -0.05) is 12.1 Å². The molecule has 0 fully saturated rings. The number of rotatable bonds is 2. The number of aromatic nitrogens is 2. The van der Waals surface area contributed by atoms with Crippen LogP contribution < -0.4 is 5.73 Å². The van der Waals surface area contributed by atoms with E-state index in [1.807, 2.05) is 6.07 Å². The molecule has 0 saturated heterocycles. The van der Waals surface area contributed by atoms with Crippen LogP contribution in [0.2, 0.25) is 0 Å². The number of aryl methyl sites for hydroxylation is 1. The molecular weight excluding hydrogens is 421 g/mol. The Kier molecular flexibility index (Phi) is 3.90. The van der Waals surface area contributed by atoms with E-state index in [0.29, 0.717) is 5.82 Å². The van der Waals surface area contributed by atoms with Crippen LogP contribution in [0.1, 0.15) is 0 Å². The van der Waals surface area contributed by atoms with Gasteiger partial charge in [0.25, 0.3) is 0 Å². The molecule has 3 rings (SSSR count). The molecule has 0 aliphatic heterocycles. The number of anilines is 1. The van der Waals surface area contributed by atoms with Gasteiger partial charge < -0.3 is 5.73 Å². The first-order valence-corrected chi connectivity index (χ1v) is 8.41. The topological polar surface area (TPSA) is 43.8 Å². The molecule has 0 amide bonds. The summed E-state index contributed by atoms with van der Waals surface area (Å²) in [4.78, 5) is 0.